The van der Waals surface area contributed by atoms with Crippen LogP contribution in [0.4, 0.5) is 0 Å². The van der Waals surface area contributed by atoms with Crippen molar-refractivity contribution >= 4 is 23.3 Å². The first-order valence-electron chi connectivity index (χ1n) is 10.8. The highest BCUT2D eigenvalue weighted by Crippen LogP contribution is 2.26. The third kappa shape index (κ3) is 5.43. The molecule has 0 spiro atoms. The minimum absolute atomic E-state index is 0.0138. The minimum atomic E-state index is -0.115. The maximum atomic E-state index is 12.5. The van der Waals surface area contributed by atoms with Crippen molar-refractivity contribution in [3.05, 3.63) is 64.7 Å². The molecule has 166 valence electrons. The predicted octanol–water partition coefficient (Wildman–Crippen LogP) is 4.29. The smallest absolute Gasteiger partial charge is 0.246 e. The molecule has 1 fully saturated rings. The zero-order valence-corrected chi connectivity index (χ0v) is 19.5. The van der Waals surface area contributed by atoms with Crippen LogP contribution in [0.25, 0.3) is 0 Å². The average molecular weight is 443 g/mol. The number of likely N-dealkylation sites (N-methyl/N-ethyl adjacent to an activating group) is 1. The highest BCUT2D eigenvalue weighted by Gasteiger charge is 2.30. The Morgan fingerprint density at radius 1 is 1.19 bits per heavy atom. The van der Waals surface area contributed by atoms with Crippen LogP contribution in [-0.4, -0.2) is 57.2 Å². The van der Waals surface area contributed by atoms with Gasteiger partial charge < -0.3 is 9.47 Å². The number of fused-ring (bicyclic) bond motifs is 1. The van der Waals surface area contributed by atoms with Crippen molar-refractivity contribution in [3.8, 4) is 0 Å². The van der Waals surface area contributed by atoms with Gasteiger partial charge in [0, 0.05) is 37.2 Å². The van der Waals surface area contributed by atoms with Crippen molar-refractivity contribution in [1.29, 1.82) is 0 Å². The Hall–Kier alpha value is -2.44. The number of hydrogen-bond acceptors (Lipinski definition) is 4. The number of nitrogens with zero attached hydrogens (tertiary/aromatic N) is 4. The van der Waals surface area contributed by atoms with Crippen LogP contribution in [0.3, 0.4) is 0 Å². The molecule has 4 rings (SSSR count). The molecule has 0 saturated carbocycles. The number of carbonyl (C=O) groups excluding carboxylic acids is 2. The molecule has 0 radical (unpaired) electrons. The molecule has 1 aromatic heterocycles. The highest BCUT2D eigenvalue weighted by molar-refractivity contribution is 6.31. The summed E-state index contributed by atoms with van der Waals surface area (Å²) in [6.45, 7) is 7.82. The van der Waals surface area contributed by atoms with Gasteiger partial charge in [0.15, 0.2) is 5.78 Å². The molecular formula is C24H31ClN4O2. The van der Waals surface area contributed by atoms with Crippen molar-refractivity contribution in [2.45, 2.75) is 52.2 Å². The summed E-state index contributed by atoms with van der Waals surface area (Å²) in [5.41, 5.74) is 1.76. The summed E-state index contributed by atoms with van der Waals surface area (Å²) in [7, 11) is 2.09. The van der Waals surface area contributed by atoms with Crippen LogP contribution in [0, 0.1) is 6.92 Å². The second-order valence-electron chi connectivity index (χ2n) is 8.22. The molecule has 2 aliphatic rings. The number of carbonyl (C=O) groups is 2. The van der Waals surface area contributed by atoms with Crippen molar-refractivity contribution in [2.75, 3.05) is 20.1 Å². The molecule has 7 heteroatoms. The van der Waals surface area contributed by atoms with E-state index in [4.69, 9.17) is 11.6 Å². The van der Waals surface area contributed by atoms with E-state index in [2.05, 4.69) is 16.9 Å². The van der Waals surface area contributed by atoms with E-state index >= 15 is 0 Å². The standard InChI is InChI=1S/C17H24N4O2.C7H7Cl/c1-12-17-18-11-15(13(2)22)21(17)10-9-20(12)16(23)7-6-14-5-4-8-19(14)3;1-6-4-2-3-5-7(6)8/h6-7,11-12,14H,4-5,8-10H2,1-3H3;2-5H,1H3/b7-6+;. The average Bonchev–Trinajstić information content (AvgIpc) is 3.36. The lowest BCUT2D eigenvalue weighted by molar-refractivity contribution is -0.129. The lowest BCUT2D eigenvalue weighted by atomic mass is 10.1. The fourth-order valence-corrected chi connectivity index (χ4v) is 4.24. The fourth-order valence-electron chi connectivity index (χ4n) is 4.10. The highest BCUT2D eigenvalue weighted by atomic mass is 35.5. The summed E-state index contributed by atoms with van der Waals surface area (Å²) < 4.78 is 1.94. The number of aryl methyl sites for hydroxylation is 1. The predicted molar refractivity (Wildman–Crippen MR) is 123 cm³/mol. The lowest BCUT2D eigenvalue weighted by Gasteiger charge is -2.33. The van der Waals surface area contributed by atoms with E-state index in [0.29, 0.717) is 24.8 Å². The van der Waals surface area contributed by atoms with E-state index in [9.17, 15) is 9.59 Å². The monoisotopic (exact) mass is 442 g/mol. The van der Waals surface area contributed by atoms with E-state index in [0.717, 1.165) is 29.4 Å². The SMILES string of the molecule is CC(=O)c1cnc2n1CCN(C(=O)/C=C/C1CCCN1C)C2C.Cc1ccccc1Cl. The molecule has 31 heavy (non-hydrogen) atoms. The van der Waals surface area contributed by atoms with Crippen molar-refractivity contribution in [1.82, 2.24) is 19.4 Å². The summed E-state index contributed by atoms with van der Waals surface area (Å²) in [5, 5.41) is 0.840. The zero-order valence-electron chi connectivity index (χ0n) is 18.7. The minimum Gasteiger partial charge on any atom is -0.327 e. The molecule has 6 nitrogen and oxygen atoms in total. The number of likely N-dealkylation sites (tertiary alicyclic amines) is 1. The van der Waals surface area contributed by atoms with Gasteiger partial charge in [-0.1, -0.05) is 35.9 Å². The molecule has 2 atom stereocenters. The summed E-state index contributed by atoms with van der Waals surface area (Å²) in [6, 6.07) is 8.02. The van der Waals surface area contributed by atoms with Crippen LogP contribution < -0.4 is 0 Å². The molecule has 2 aliphatic heterocycles. The number of amides is 1. The van der Waals surface area contributed by atoms with Gasteiger partial charge in [-0.2, -0.15) is 0 Å². The van der Waals surface area contributed by atoms with Gasteiger partial charge in [0.05, 0.1) is 12.2 Å². The number of rotatable bonds is 3. The van der Waals surface area contributed by atoms with Gasteiger partial charge in [0.1, 0.15) is 11.5 Å². The second kappa shape index (κ2) is 10.2. The van der Waals surface area contributed by atoms with Crippen LogP contribution in [-0.2, 0) is 11.3 Å². The first-order valence-corrected chi connectivity index (χ1v) is 11.1. The molecule has 1 saturated heterocycles. The van der Waals surface area contributed by atoms with Gasteiger partial charge in [0.2, 0.25) is 5.91 Å². The van der Waals surface area contributed by atoms with Crippen LogP contribution in [0.5, 0.6) is 0 Å². The Morgan fingerprint density at radius 2 is 1.94 bits per heavy atom. The Bertz CT molecular complexity index is 947. The van der Waals surface area contributed by atoms with Crippen molar-refractivity contribution in [2.24, 2.45) is 0 Å². The molecule has 3 heterocycles. The topological polar surface area (TPSA) is 58.4 Å². The third-order valence-electron chi connectivity index (χ3n) is 6.05. The number of Topliss-reactive ketones (excluding diaryl/α,β-unsaturated/α-hetero) is 1. The first-order chi connectivity index (χ1) is 14.8. The maximum absolute atomic E-state index is 12.5. The van der Waals surface area contributed by atoms with Crippen LogP contribution >= 0.6 is 11.6 Å². The van der Waals surface area contributed by atoms with E-state index < -0.39 is 0 Å². The molecule has 0 N–H and O–H groups in total. The number of benzene rings is 1. The van der Waals surface area contributed by atoms with Gasteiger partial charge in [-0.05, 0) is 51.9 Å². The normalized spacial score (nSPS) is 21.0. The van der Waals surface area contributed by atoms with E-state index in [1.807, 2.05) is 53.7 Å². The van der Waals surface area contributed by atoms with E-state index in [1.165, 1.54) is 6.42 Å². The number of halogens is 1. The molecule has 2 unspecified atom stereocenters. The molecule has 1 amide bonds. The maximum Gasteiger partial charge on any atom is 0.246 e. The molecule has 0 bridgehead atoms. The Morgan fingerprint density at radius 3 is 2.52 bits per heavy atom. The number of hydrogen-bond donors (Lipinski definition) is 0. The molecule has 0 aliphatic carbocycles. The van der Waals surface area contributed by atoms with E-state index in [-0.39, 0.29) is 17.7 Å². The summed E-state index contributed by atoms with van der Waals surface area (Å²) in [6.07, 6.45) is 7.64. The Kier molecular flexibility index (Phi) is 7.68. The lowest BCUT2D eigenvalue weighted by Crippen LogP contribution is -2.41. The summed E-state index contributed by atoms with van der Waals surface area (Å²) >= 11 is 5.71. The fraction of sp³-hybridized carbons (Fsp3) is 0.458. The third-order valence-corrected chi connectivity index (χ3v) is 6.47. The van der Waals surface area contributed by atoms with E-state index in [1.54, 1.807) is 19.2 Å². The van der Waals surface area contributed by atoms with Gasteiger partial charge in [-0.3, -0.25) is 14.5 Å². The quantitative estimate of drug-likeness (QED) is 0.525. The van der Waals surface area contributed by atoms with Crippen LogP contribution in [0.1, 0.15) is 54.6 Å². The second-order valence-corrected chi connectivity index (χ2v) is 8.62. The van der Waals surface area contributed by atoms with Gasteiger partial charge in [0.25, 0.3) is 0 Å². The molecular weight excluding hydrogens is 412 g/mol. The largest absolute Gasteiger partial charge is 0.327 e. The van der Waals surface area contributed by atoms with Crippen LogP contribution in [0.15, 0.2) is 42.6 Å². The van der Waals surface area contributed by atoms with Gasteiger partial charge in [-0.15, -0.1) is 0 Å². The Labute approximate surface area is 189 Å². The Balaban J connectivity index is 0.000000287. The number of imidazole rings is 1. The van der Waals surface area contributed by atoms with Crippen molar-refractivity contribution < 1.29 is 9.59 Å². The summed E-state index contributed by atoms with van der Waals surface area (Å²) in [5.74, 6) is 0.831. The molecule has 1 aromatic carbocycles. The van der Waals surface area contributed by atoms with Crippen LogP contribution in [0.2, 0.25) is 5.02 Å². The van der Waals surface area contributed by atoms with Gasteiger partial charge >= 0.3 is 0 Å². The number of aromatic nitrogens is 2. The zero-order chi connectivity index (χ0) is 22.5. The molecule has 2 aromatic rings. The number of ketones is 1. The van der Waals surface area contributed by atoms with Crippen molar-refractivity contribution in [3.63, 3.8) is 0 Å². The first kappa shape index (κ1) is 23.2. The van der Waals surface area contributed by atoms with Gasteiger partial charge in [-0.25, -0.2) is 4.98 Å². The summed E-state index contributed by atoms with van der Waals surface area (Å²) in [4.78, 5) is 32.6.